The second kappa shape index (κ2) is 4.74. The van der Waals surface area contributed by atoms with Gasteiger partial charge in [-0.1, -0.05) is 18.2 Å². The molecular formula is C18H13N3O4. The van der Waals surface area contributed by atoms with Crippen LogP contribution in [0.25, 0.3) is 0 Å². The van der Waals surface area contributed by atoms with Gasteiger partial charge in [-0.3, -0.25) is 4.79 Å². The zero-order valence-corrected chi connectivity index (χ0v) is 13.5. The summed E-state index contributed by atoms with van der Waals surface area (Å²) < 4.78 is 10.7. The first-order valence-corrected chi connectivity index (χ1v) is 7.54. The van der Waals surface area contributed by atoms with Crippen LogP contribution >= 0.6 is 0 Å². The van der Waals surface area contributed by atoms with Crippen LogP contribution in [0.2, 0.25) is 0 Å². The molecule has 0 aliphatic carbocycles. The summed E-state index contributed by atoms with van der Waals surface area (Å²) in [6.07, 6.45) is 0. The SMILES string of the molecule is Cc1cc2c(c(=O)o1)[C@]1(C(=O)N(C)c3ccccc31)C(C#N)=C(N)O2. The molecule has 0 radical (unpaired) electrons. The van der Waals surface area contributed by atoms with Crippen LogP contribution < -0.4 is 21.0 Å². The highest BCUT2D eigenvalue weighted by Crippen LogP contribution is 2.53. The van der Waals surface area contributed by atoms with E-state index in [0.29, 0.717) is 17.0 Å². The molecule has 2 aromatic rings. The molecule has 2 N–H and O–H groups in total. The van der Waals surface area contributed by atoms with E-state index in [9.17, 15) is 14.9 Å². The largest absolute Gasteiger partial charge is 0.440 e. The molecule has 1 aromatic heterocycles. The minimum absolute atomic E-state index is 0.0225. The second-order valence-corrected chi connectivity index (χ2v) is 5.97. The maximum atomic E-state index is 13.3. The zero-order valence-electron chi connectivity index (χ0n) is 13.5. The molecule has 2 aliphatic rings. The van der Waals surface area contributed by atoms with Gasteiger partial charge in [-0.05, 0) is 13.0 Å². The van der Waals surface area contributed by atoms with Crippen LogP contribution in [0.3, 0.4) is 0 Å². The van der Waals surface area contributed by atoms with E-state index >= 15 is 0 Å². The molecule has 124 valence electrons. The monoisotopic (exact) mass is 335 g/mol. The minimum atomic E-state index is -1.66. The van der Waals surface area contributed by atoms with Crippen molar-refractivity contribution in [1.29, 1.82) is 5.26 Å². The lowest BCUT2D eigenvalue weighted by Crippen LogP contribution is -2.47. The van der Waals surface area contributed by atoms with E-state index in [1.54, 1.807) is 38.2 Å². The molecule has 7 heteroatoms. The Morgan fingerprint density at radius 1 is 1.28 bits per heavy atom. The number of aryl methyl sites for hydroxylation is 1. The zero-order chi connectivity index (χ0) is 17.9. The van der Waals surface area contributed by atoms with Crippen LogP contribution in [0.1, 0.15) is 16.9 Å². The van der Waals surface area contributed by atoms with E-state index in [2.05, 4.69) is 0 Å². The summed E-state index contributed by atoms with van der Waals surface area (Å²) in [4.78, 5) is 27.4. The van der Waals surface area contributed by atoms with Crippen molar-refractivity contribution in [2.24, 2.45) is 5.73 Å². The first kappa shape index (κ1) is 15.0. The average Bonchev–Trinajstić information content (AvgIpc) is 2.78. The van der Waals surface area contributed by atoms with Gasteiger partial charge in [0.25, 0.3) is 0 Å². The molecule has 0 bridgehead atoms. The van der Waals surface area contributed by atoms with Gasteiger partial charge in [0, 0.05) is 24.4 Å². The smallest absolute Gasteiger partial charge is 0.344 e. The Bertz CT molecular complexity index is 1080. The number of fused-ring (bicyclic) bond motifs is 4. The van der Waals surface area contributed by atoms with Crippen LogP contribution in [0.15, 0.2) is 51.0 Å². The fraction of sp³-hybridized carbons (Fsp3) is 0.167. The van der Waals surface area contributed by atoms with Gasteiger partial charge >= 0.3 is 5.63 Å². The lowest BCUT2D eigenvalue weighted by Gasteiger charge is -2.32. The van der Waals surface area contributed by atoms with Crippen molar-refractivity contribution >= 4 is 11.6 Å². The Kier molecular flexibility index (Phi) is 2.85. The van der Waals surface area contributed by atoms with Crippen LogP contribution in [0.4, 0.5) is 5.69 Å². The van der Waals surface area contributed by atoms with E-state index in [0.717, 1.165) is 0 Å². The number of rotatable bonds is 0. The standard InChI is InChI=1S/C18H13N3O4/c1-9-7-13-14(16(22)24-9)18(11(8-19)15(20)25-13)10-5-3-4-6-12(10)21(2)17(18)23/h3-7H,20H2,1-2H3/t18-/m1/s1. The molecule has 0 saturated carbocycles. The van der Waals surface area contributed by atoms with Gasteiger partial charge in [-0.15, -0.1) is 0 Å². The number of carbonyl (C=O) groups is 1. The summed E-state index contributed by atoms with van der Waals surface area (Å²) in [7, 11) is 1.59. The number of benzene rings is 1. The van der Waals surface area contributed by atoms with E-state index in [1.165, 1.54) is 11.0 Å². The highest BCUT2D eigenvalue weighted by Gasteiger charge is 2.60. The molecular weight excluding hydrogens is 322 g/mol. The average molecular weight is 335 g/mol. The number of ether oxygens (including phenoxy) is 1. The lowest BCUT2D eigenvalue weighted by atomic mass is 9.69. The number of para-hydroxylation sites is 1. The van der Waals surface area contributed by atoms with Gasteiger partial charge in [0.1, 0.15) is 28.7 Å². The van der Waals surface area contributed by atoms with Crippen molar-refractivity contribution in [3.8, 4) is 11.8 Å². The highest BCUT2D eigenvalue weighted by atomic mass is 16.5. The third-order valence-corrected chi connectivity index (χ3v) is 4.66. The fourth-order valence-electron chi connectivity index (χ4n) is 3.66. The fourth-order valence-corrected chi connectivity index (χ4v) is 3.66. The number of anilines is 1. The molecule has 25 heavy (non-hydrogen) atoms. The number of hydrogen-bond acceptors (Lipinski definition) is 6. The van der Waals surface area contributed by atoms with Crippen LogP contribution in [0, 0.1) is 18.3 Å². The Balaban J connectivity index is 2.24. The molecule has 0 unspecified atom stereocenters. The van der Waals surface area contributed by atoms with Gasteiger partial charge in [0.15, 0.2) is 5.41 Å². The predicted octanol–water partition coefficient (Wildman–Crippen LogP) is 1.30. The number of nitrogens with zero attached hydrogens (tertiary/aromatic N) is 2. The number of hydrogen-bond donors (Lipinski definition) is 1. The third-order valence-electron chi connectivity index (χ3n) is 4.66. The van der Waals surface area contributed by atoms with Gasteiger partial charge in [-0.25, -0.2) is 4.79 Å². The van der Waals surface area contributed by atoms with Gasteiger partial charge in [0.2, 0.25) is 11.8 Å². The minimum Gasteiger partial charge on any atom is -0.440 e. The van der Waals surface area contributed by atoms with Crippen molar-refractivity contribution < 1.29 is 13.9 Å². The highest BCUT2D eigenvalue weighted by molar-refractivity contribution is 6.13. The summed E-state index contributed by atoms with van der Waals surface area (Å²) in [5, 5.41) is 9.72. The number of amides is 1. The van der Waals surface area contributed by atoms with E-state index in [1.807, 2.05) is 6.07 Å². The van der Waals surface area contributed by atoms with Gasteiger partial charge < -0.3 is 19.8 Å². The van der Waals surface area contributed by atoms with Crippen LogP contribution in [-0.4, -0.2) is 13.0 Å². The third kappa shape index (κ3) is 1.63. The van der Waals surface area contributed by atoms with Crippen LogP contribution in [-0.2, 0) is 10.2 Å². The molecule has 0 saturated heterocycles. The van der Waals surface area contributed by atoms with Crippen molar-refractivity contribution in [3.05, 3.63) is 69.1 Å². The Morgan fingerprint density at radius 2 is 2.00 bits per heavy atom. The van der Waals surface area contributed by atoms with Crippen LogP contribution in [0.5, 0.6) is 5.75 Å². The second-order valence-electron chi connectivity index (χ2n) is 5.97. The topological polar surface area (TPSA) is 110 Å². The number of nitriles is 1. The predicted molar refractivity (Wildman–Crippen MR) is 87.8 cm³/mol. The summed E-state index contributed by atoms with van der Waals surface area (Å²) in [6, 6.07) is 10.4. The lowest BCUT2D eigenvalue weighted by molar-refractivity contribution is -0.120. The Hall–Kier alpha value is -3.53. The molecule has 1 atom stereocenters. The summed E-state index contributed by atoms with van der Waals surface area (Å²) in [6.45, 7) is 1.59. The number of nitrogens with two attached hydrogens (primary N) is 1. The van der Waals surface area contributed by atoms with Crippen molar-refractivity contribution in [1.82, 2.24) is 0 Å². The maximum absolute atomic E-state index is 13.3. The molecule has 4 rings (SSSR count). The summed E-state index contributed by atoms with van der Waals surface area (Å²) in [5.74, 6) is -0.199. The van der Waals surface area contributed by atoms with Gasteiger partial charge in [0.05, 0.1) is 0 Å². The molecule has 1 spiro atoms. The first-order valence-electron chi connectivity index (χ1n) is 7.54. The molecule has 7 nitrogen and oxygen atoms in total. The van der Waals surface area contributed by atoms with Crippen molar-refractivity contribution in [2.45, 2.75) is 12.3 Å². The Labute approximate surface area is 142 Å². The van der Waals surface area contributed by atoms with E-state index in [-0.39, 0.29) is 22.8 Å². The van der Waals surface area contributed by atoms with E-state index in [4.69, 9.17) is 14.9 Å². The van der Waals surface area contributed by atoms with E-state index < -0.39 is 16.9 Å². The summed E-state index contributed by atoms with van der Waals surface area (Å²) in [5.41, 5.74) is 4.53. The van der Waals surface area contributed by atoms with Gasteiger partial charge in [-0.2, -0.15) is 5.26 Å². The molecule has 1 amide bonds. The summed E-state index contributed by atoms with van der Waals surface area (Å²) >= 11 is 0. The molecule has 1 aromatic carbocycles. The number of likely N-dealkylation sites (N-methyl/N-ethyl adjacent to an activating group) is 1. The Morgan fingerprint density at radius 3 is 2.72 bits per heavy atom. The normalized spacial score (nSPS) is 21.0. The van der Waals surface area contributed by atoms with Crippen molar-refractivity contribution in [2.75, 3.05) is 11.9 Å². The van der Waals surface area contributed by atoms with Crippen molar-refractivity contribution in [3.63, 3.8) is 0 Å². The molecule has 2 aliphatic heterocycles. The molecule has 0 fully saturated rings. The first-order chi connectivity index (χ1) is 11.9. The molecule has 3 heterocycles. The quantitative estimate of drug-likeness (QED) is 0.777. The maximum Gasteiger partial charge on any atom is 0.344 e. The number of carbonyl (C=O) groups excluding carboxylic acids is 1.